The van der Waals surface area contributed by atoms with Gasteiger partial charge in [-0.15, -0.1) is 0 Å². The number of sulfone groups is 1. The fraction of sp³-hybridized carbons (Fsp3) is 0.308. The molecule has 0 spiro atoms. The Morgan fingerprint density at radius 1 is 1.14 bits per heavy atom. The largest absolute Gasteiger partial charge is 0.496 e. The van der Waals surface area contributed by atoms with Gasteiger partial charge in [0, 0.05) is 30.5 Å². The smallest absolute Gasteiger partial charge is 0.179 e. The van der Waals surface area contributed by atoms with Crippen LogP contribution in [0.5, 0.6) is 11.5 Å². The van der Waals surface area contributed by atoms with Crippen molar-refractivity contribution in [3.05, 3.63) is 18.3 Å². The maximum absolute atomic E-state index is 11.8. The summed E-state index contributed by atoms with van der Waals surface area (Å²) in [6.07, 6.45) is 2.70. The summed E-state index contributed by atoms with van der Waals surface area (Å²) < 4.78 is 35.6. The molecule has 1 heterocycles. The van der Waals surface area contributed by atoms with Gasteiger partial charge < -0.3 is 15.2 Å². The Labute approximate surface area is 123 Å². The molecular weight excluding hydrogens is 294 g/mol. The van der Waals surface area contributed by atoms with E-state index in [0.717, 1.165) is 6.26 Å². The summed E-state index contributed by atoms with van der Waals surface area (Å²) in [4.78, 5) is 0.0630. The van der Waals surface area contributed by atoms with Gasteiger partial charge in [-0.2, -0.15) is 5.10 Å². The highest BCUT2D eigenvalue weighted by atomic mass is 32.2. The van der Waals surface area contributed by atoms with Gasteiger partial charge in [0.15, 0.2) is 9.84 Å². The van der Waals surface area contributed by atoms with Gasteiger partial charge in [0.05, 0.1) is 20.4 Å². The van der Waals surface area contributed by atoms with Crippen molar-refractivity contribution in [3.8, 4) is 22.6 Å². The fourth-order valence-corrected chi connectivity index (χ4v) is 2.85. The maximum atomic E-state index is 11.8. The molecule has 0 unspecified atom stereocenters. The fourth-order valence-electron chi connectivity index (χ4n) is 2.02. The lowest BCUT2D eigenvalue weighted by molar-refractivity contribution is 0.393. The molecule has 2 N–H and O–H groups in total. The number of benzene rings is 1. The van der Waals surface area contributed by atoms with Crippen molar-refractivity contribution in [2.75, 3.05) is 26.2 Å². The van der Waals surface area contributed by atoms with E-state index in [1.807, 2.05) is 0 Å². The number of ether oxygens (including phenoxy) is 2. The topological polar surface area (TPSA) is 96.4 Å². The summed E-state index contributed by atoms with van der Waals surface area (Å²) in [5.74, 6) is 1.06. The van der Waals surface area contributed by atoms with Gasteiger partial charge in [-0.05, 0) is 6.07 Å². The molecule has 21 heavy (non-hydrogen) atoms. The van der Waals surface area contributed by atoms with Gasteiger partial charge in [-0.25, -0.2) is 8.42 Å². The number of aryl methyl sites for hydroxylation is 1. The summed E-state index contributed by atoms with van der Waals surface area (Å²) in [7, 11) is 1.15. The van der Waals surface area contributed by atoms with E-state index in [1.165, 1.54) is 25.0 Å². The minimum atomic E-state index is -3.44. The zero-order chi connectivity index (χ0) is 15.8. The van der Waals surface area contributed by atoms with Crippen LogP contribution < -0.4 is 15.2 Å². The molecule has 0 atom stereocenters. The first-order valence-corrected chi connectivity index (χ1v) is 7.92. The standard InChI is InChI=1S/C13H17N3O4S/c1-16-13(14)9(7-15-16)8-5-11(20-3)12(21(4,17)18)6-10(8)19-2/h5-7H,14H2,1-4H3. The second-order valence-corrected chi connectivity index (χ2v) is 6.53. The van der Waals surface area contributed by atoms with Crippen LogP contribution in [0.1, 0.15) is 0 Å². The van der Waals surface area contributed by atoms with E-state index < -0.39 is 9.84 Å². The first-order chi connectivity index (χ1) is 9.79. The third-order valence-corrected chi connectivity index (χ3v) is 4.28. The molecule has 8 heteroatoms. The SMILES string of the molecule is COc1cc(S(C)(=O)=O)c(OC)cc1-c1cnn(C)c1N. The molecule has 0 saturated carbocycles. The molecule has 2 aromatic rings. The van der Waals surface area contributed by atoms with Gasteiger partial charge in [0.25, 0.3) is 0 Å². The van der Waals surface area contributed by atoms with Crippen LogP contribution in [-0.2, 0) is 16.9 Å². The van der Waals surface area contributed by atoms with Crippen molar-refractivity contribution >= 4 is 15.7 Å². The van der Waals surface area contributed by atoms with E-state index in [-0.39, 0.29) is 10.6 Å². The molecule has 0 bridgehead atoms. The second kappa shape index (κ2) is 5.28. The number of aromatic nitrogens is 2. The van der Waals surface area contributed by atoms with E-state index in [4.69, 9.17) is 15.2 Å². The van der Waals surface area contributed by atoms with Gasteiger partial charge in [0.1, 0.15) is 22.2 Å². The van der Waals surface area contributed by atoms with Gasteiger partial charge in [0.2, 0.25) is 0 Å². The minimum absolute atomic E-state index is 0.0630. The molecule has 1 aromatic carbocycles. The van der Waals surface area contributed by atoms with Crippen molar-refractivity contribution in [1.29, 1.82) is 0 Å². The molecule has 0 aliphatic heterocycles. The number of hydrogen-bond donors (Lipinski definition) is 1. The van der Waals surface area contributed by atoms with Gasteiger partial charge in [-0.3, -0.25) is 4.68 Å². The number of nitrogens with two attached hydrogens (primary N) is 1. The van der Waals surface area contributed by atoms with Crippen LogP contribution in [0, 0.1) is 0 Å². The van der Waals surface area contributed by atoms with Crippen molar-refractivity contribution in [2.45, 2.75) is 4.90 Å². The van der Waals surface area contributed by atoms with Crippen molar-refractivity contribution in [3.63, 3.8) is 0 Å². The molecule has 0 aliphatic carbocycles. The molecule has 0 aliphatic rings. The third kappa shape index (κ3) is 2.66. The number of methoxy groups -OCH3 is 2. The summed E-state index contributed by atoms with van der Waals surface area (Å²) in [5.41, 5.74) is 7.22. The lowest BCUT2D eigenvalue weighted by atomic mass is 10.1. The summed E-state index contributed by atoms with van der Waals surface area (Å²) in [6.45, 7) is 0. The second-order valence-electron chi connectivity index (χ2n) is 4.54. The molecule has 0 radical (unpaired) electrons. The van der Waals surface area contributed by atoms with Gasteiger partial charge >= 0.3 is 0 Å². The van der Waals surface area contributed by atoms with Crippen LogP contribution in [0.4, 0.5) is 5.82 Å². The monoisotopic (exact) mass is 311 g/mol. The predicted octanol–water partition coefficient (Wildman–Crippen LogP) is 1.09. The summed E-state index contributed by atoms with van der Waals surface area (Å²) in [5, 5.41) is 4.07. The average Bonchev–Trinajstić information content (AvgIpc) is 2.76. The highest BCUT2D eigenvalue weighted by Gasteiger charge is 2.21. The Hall–Kier alpha value is -2.22. The highest BCUT2D eigenvalue weighted by Crippen LogP contribution is 2.39. The van der Waals surface area contributed by atoms with E-state index in [9.17, 15) is 8.42 Å². The van der Waals surface area contributed by atoms with Crippen LogP contribution in [0.15, 0.2) is 23.2 Å². The molecule has 1 aromatic heterocycles. The lowest BCUT2D eigenvalue weighted by Crippen LogP contribution is -2.03. The van der Waals surface area contributed by atoms with E-state index in [0.29, 0.717) is 22.7 Å². The molecule has 7 nitrogen and oxygen atoms in total. The highest BCUT2D eigenvalue weighted by molar-refractivity contribution is 7.90. The summed E-state index contributed by atoms with van der Waals surface area (Å²) >= 11 is 0. The van der Waals surface area contributed by atoms with Crippen molar-refractivity contribution < 1.29 is 17.9 Å². The Kier molecular flexibility index (Phi) is 3.82. The molecule has 2 rings (SSSR count). The normalized spacial score (nSPS) is 11.4. The molecular formula is C13H17N3O4S. The molecule has 0 amide bonds. The number of hydrogen-bond acceptors (Lipinski definition) is 6. The maximum Gasteiger partial charge on any atom is 0.179 e. The molecule has 0 fully saturated rings. The van der Waals surface area contributed by atoms with E-state index in [1.54, 1.807) is 19.3 Å². The number of anilines is 1. The van der Waals surface area contributed by atoms with Crippen molar-refractivity contribution in [2.24, 2.45) is 7.05 Å². The number of rotatable bonds is 4. The Morgan fingerprint density at radius 3 is 2.19 bits per heavy atom. The summed E-state index contributed by atoms with van der Waals surface area (Å²) in [6, 6.07) is 3.01. The lowest BCUT2D eigenvalue weighted by Gasteiger charge is -2.13. The first-order valence-electron chi connectivity index (χ1n) is 6.03. The molecule has 114 valence electrons. The van der Waals surface area contributed by atoms with Crippen LogP contribution in [-0.4, -0.2) is 38.7 Å². The minimum Gasteiger partial charge on any atom is -0.496 e. The van der Waals surface area contributed by atoms with Crippen LogP contribution in [0.2, 0.25) is 0 Å². The Bertz CT molecular complexity index is 781. The van der Waals surface area contributed by atoms with Crippen LogP contribution in [0.25, 0.3) is 11.1 Å². The quantitative estimate of drug-likeness (QED) is 0.908. The zero-order valence-electron chi connectivity index (χ0n) is 12.2. The Morgan fingerprint density at radius 2 is 1.76 bits per heavy atom. The molecule has 0 saturated heterocycles. The predicted molar refractivity (Wildman–Crippen MR) is 79.3 cm³/mol. The van der Waals surface area contributed by atoms with Gasteiger partial charge in [-0.1, -0.05) is 0 Å². The number of nitrogens with zero attached hydrogens (tertiary/aromatic N) is 2. The van der Waals surface area contributed by atoms with Crippen LogP contribution >= 0.6 is 0 Å². The zero-order valence-corrected chi connectivity index (χ0v) is 13.1. The van der Waals surface area contributed by atoms with Crippen LogP contribution in [0.3, 0.4) is 0 Å². The third-order valence-electron chi connectivity index (χ3n) is 3.16. The van der Waals surface area contributed by atoms with E-state index in [2.05, 4.69) is 5.10 Å². The number of nitrogen functional groups attached to an aromatic ring is 1. The van der Waals surface area contributed by atoms with Crippen molar-refractivity contribution in [1.82, 2.24) is 9.78 Å². The Balaban J connectivity index is 2.76. The first kappa shape index (κ1) is 15.2. The van der Waals surface area contributed by atoms with E-state index >= 15 is 0 Å². The average molecular weight is 311 g/mol.